The summed E-state index contributed by atoms with van der Waals surface area (Å²) in [4.78, 5) is 26.9. The highest BCUT2D eigenvalue weighted by Gasteiger charge is 2.39. The van der Waals surface area contributed by atoms with Gasteiger partial charge in [-0.2, -0.15) is 0 Å². The molecule has 5 rings (SSSR count). The van der Waals surface area contributed by atoms with E-state index < -0.39 is 8.32 Å². The number of carbonyl (C=O) groups is 2. The van der Waals surface area contributed by atoms with E-state index in [1.54, 1.807) is 0 Å². The molecule has 1 aliphatic heterocycles. The summed E-state index contributed by atoms with van der Waals surface area (Å²) in [5.74, 6) is 0.638. The molecular weight excluding hydrogens is 753 g/mol. The zero-order chi connectivity index (χ0) is 41.9. The standard InChI is InChI=1S/C49H68N4O5Si/c1-49(2,3)59(4,5)58-47(41-27-28-46(45(35-41)51-38-54)56-37-39-21-13-11-14-22-39)36-50-31-19-9-7-6-8-10-20-32-53-33-29-42(30-34-53)57-48(55)52-44-26-18-17-25-43(44)40-23-15-12-16-24-40/h11-18,21-28,35,38,42,47,50H,6-10,19-20,29-34,36-37H2,1-5H3,(H,51,54)(H,52,55)/t47-/m0/s1. The normalized spacial score (nSPS) is 14.4. The van der Waals surface area contributed by atoms with Crippen LogP contribution >= 0.6 is 0 Å². The molecule has 0 aliphatic carbocycles. The molecule has 0 unspecified atom stereocenters. The molecule has 9 nitrogen and oxygen atoms in total. The second kappa shape index (κ2) is 23.3. The van der Waals surface area contributed by atoms with Crippen LogP contribution in [0.2, 0.25) is 18.1 Å². The Morgan fingerprint density at radius 3 is 2.15 bits per heavy atom. The lowest BCUT2D eigenvalue weighted by atomic mass is 10.0. The fourth-order valence-electron chi connectivity index (χ4n) is 7.25. The number of anilines is 2. The largest absolute Gasteiger partial charge is 0.487 e. The van der Waals surface area contributed by atoms with E-state index in [9.17, 15) is 9.59 Å². The first-order chi connectivity index (χ1) is 28.5. The molecule has 2 amide bonds. The molecule has 4 aromatic carbocycles. The van der Waals surface area contributed by atoms with Crippen LogP contribution in [0.1, 0.15) is 95.8 Å². The van der Waals surface area contributed by atoms with E-state index in [2.05, 4.69) is 60.8 Å². The van der Waals surface area contributed by atoms with Crippen molar-refractivity contribution in [3.05, 3.63) is 114 Å². The van der Waals surface area contributed by atoms with Crippen LogP contribution in [0.15, 0.2) is 103 Å². The Labute approximate surface area is 354 Å². The quantitative estimate of drug-likeness (QED) is 0.0389. The minimum atomic E-state index is -2.08. The summed E-state index contributed by atoms with van der Waals surface area (Å²) in [5, 5.41) is 9.59. The van der Waals surface area contributed by atoms with E-state index in [1.807, 2.05) is 97.1 Å². The third-order valence-electron chi connectivity index (χ3n) is 11.8. The van der Waals surface area contributed by atoms with Crippen LogP contribution < -0.4 is 20.7 Å². The summed E-state index contributed by atoms with van der Waals surface area (Å²) in [6, 6.07) is 34.0. The molecule has 1 fully saturated rings. The highest BCUT2D eigenvalue weighted by molar-refractivity contribution is 6.74. The van der Waals surface area contributed by atoms with Crippen molar-refractivity contribution >= 4 is 32.2 Å². The molecule has 0 bridgehead atoms. The van der Waals surface area contributed by atoms with Crippen molar-refractivity contribution in [1.82, 2.24) is 10.2 Å². The van der Waals surface area contributed by atoms with Gasteiger partial charge in [-0.05, 0) is 91.8 Å². The molecule has 318 valence electrons. The monoisotopic (exact) mass is 820 g/mol. The van der Waals surface area contributed by atoms with Crippen molar-refractivity contribution < 1.29 is 23.5 Å². The Balaban J connectivity index is 0.954. The van der Waals surface area contributed by atoms with E-state index in [4.69, 9.17) is 13.9 Å². The molecule has 10 heteroatoms. The Bertz CT molecular complexity index is 1840. The third-order valence-corrected chi connectivity index (χ3v) is 16.3. The first-order valence-corrected chi connectivity index (χ1v) is 24.7. The highest BCUT2D eigenvalue weighted by atomic mass is 28.4. The van der Waals surface area contributed by atoms with E-state index in [1.165, 1.54) is 38.5 Å². The van der Waals surface area contributed by atoms with Gasteiger partial charge in [-0.3, -0.25) is 10.1 Å². The SMILES string of the molecule is CC(C)(C)[Si](C)(C)O[C@@H](CNCCCCCCCCCN1CCC(OC(=O)Nc2ccccc2-c2ccccc2)CC1)c1ccc(OCc2ccccc2)c(NC=O)c1. The van der Waals surface area contributed by atoms with Crippen LogP contribution in [0.25, 0.3) is 11.1 Å². The van der Waals surface area contributed by atoms with Crippen LogP contribution in [0.3, 0.4) is 0 Å². The van der Waals surface area contributed by atoms with Crippen molar-refractivity contribution in [3.63, 3.8) is 0 Å². The number of carbonyl (C=O) groups excluding carboxylic acids is 2. The number of likely N-dealkylation sites (tertiary alicyclic amines) is 1. The van der Waals surface area contributed by atoms with E-state index in [0.717, 1.165) is 73.4 Å². The number of nitrogens with one attached hydrogen (secondary N) is 3. The maximum atomic E-state index is 12.8. The molecule has 1 atom stereocenters. The van der Waals surface area contributed by atoms with Crippen molar-refractivity contribution in [2.45, 2.75) is 116 Å². The Kier molecular flexibility index (Phi) is 18.0. The second-order valence-corrected chi connectivity index (χ2v) is 22.1. The summed E-state index contributed by atoms with van der Waals surface area (Å²) in [5.41, 5.74) is 5.56. The number of benzene rings is 4. The summed E-state index contributed by atoms with van der Waals surface area (Å²) in [7, 11) is -2.08. The van der Waals surface area contributed by atoms with Crippen molar-refractivity contribution in [2.24, 2.45) is 0 Å². The number of nitrogens with zero attached hydrogens (tertiary/aromatic N) is 1. The molecule has 0 radical (unpaired) electrons. The zero-order valence-corrected chi connectivity index (χ0v) is 37.1. The van der Waals surface area contributed by atoms with Crippen molar-refractivity contribution in [2.75, 3.05) is 43.4 Å². The summed E-state index contributed by atoms with van der Waals surface area (Å²) < 4.78 is 18.9. The van der Waals surface area contributed by atoms with E-state index >= 15 is 0 Å². The topological polar surface area (TPSA) is 101 Å². The highest BCUT2D eigenvalue weighted by Crippen LogP contribution is 2.40. The zero-order valence-electron chi connectivity index (χ0n) is 36.1. The number of para-hydroxylation sites is 1. The Morgan fingerprint density at radius 1 is 0.814 bits per heavy atom. The van der Waals surface area contributed by atoms with Gasteiger partial charge in [0.25, 0.3) is 0 Å². The average Bonchev–Trinajstić information content (AvgIpc) is 3.23. The number of rotatable bonds is 23. The molecule has 1 saturated heterocycles. The number of unbranched alkanes of at least 4 members (excludes halogenated alkanes) is 6. The summed E-state index contributed by atoms with van der Waals surface area (Å²) in [6.45, 7) is 16.5. The minimum Gasteiger partial charge on any atom is -0.487 e. The predicted octanol–water partition coefficient (Wildman–Crippen LogP) is 11.6. The molecule has 59 heavy (non-hydrogen) atoms. The number of ether oxygens (including phenoxy) is 2. The lowest BCUT2D eigenvalue weighted by molar-refractivity contribution is -0.105. The summed E-state index contributed by atoms with van der Waals surface area (Å²) in [6.07, 6.45) is 10.5. The molecule has 4 aromatic rings. The van der Waals surface area contributed by atoms with Gasteiger partial charge in [-0.15, -0.1) is 0 Å². The smallest absolute Gasteiger partial charge is 0.411 e. The first kappa shape index (κ1) is 45.6. The van der Waals surface area contributed by atoms with Gasteiger partial charge < -0.3 is 29.4 Å². The number of amides is 2. The van der Waals surface area contributed by atoms with Crippen LogP contribution in [-0.4, -0.2) is 64.5 Å². The predicted molar refractivity (Wildman–Crippen MR) is 245 cm³/mol. The minimum absolute atomic E-state index is 0.0456. The average molecular weight is 821 g/mol. The molecule has 0 aromatic heterocycles. The Morgan fingerprint density at radius 2 is 1.46 bits per heavy atom. The van der Waals surface area contributed by atoms with Gasteiger partial charge >= 0.3 is 6.09 Å². The van der Waals surface area contributed by atoms with Crippen molar-refractivity contribution in [1.29, 1.82) is 0 Å². The van der Waals surface area contributed by atoms with Gasteiger partial charge in [-0.1, -0.05) is 138 Å². The maximum absolute atomic E-state index is 12.8. The molecule has 3 N–H and O–H groups in total. The van der Waals surface area contributed by atoms with Crippen molar-refractivity contribution in [3.8, 4) is 16.9 Å². The van der Waals surface area contributed by atoms with Crippen LogP contribution in [-0.2, 0) is 20.6 Å². The van der Waals surface area contributed by atoms with Crippen LogP contribution in [0.5, 0.6) is 5.75 Å². The first-order valence-electron chi connectivity index (χ1n) is 21.8. The Hall–Kier alpha value is -4.48. The van der Waals surface area contributed by atoms with Crippen LogP contribution in [0, 0.1) is 0 Å². The molecular formula is C49H68N4O5Si. The molecule has 1 aliphatic rings. The van der Waals surface area contributed by atoms with Gasteiger partial charge in [0.05, 0.1) is 17.5 Å². The van der Waals surface area contributed by atoms with E-state index in [-0.39, 0.29) is 23.3 Å². The van der Waals surface area contributed by atoms with Gasteiger partial charge in [-0.25, -0.2) is 4.79 Å². The maximum Gasteiger partial charge on any atom is 0.411 e. The molecule has 0 saturated carbocycles. The van der Waals surface area contributed by atoms with Gasteiger partial charge in [0.2, 0.25) is 6.41 Å². The fourth-order valence-corrected chi connectivity index (χ4v) is 8.54. The number of piperidine rings is 1. The summed E-state index contributed by atoms with van der Waals surface area (Å²) >= 11 is 0. The van der Waals surface area contributed by atoms with Gasteiger partial charge in [0.1, 0.15) is 18.5 Å². The fraction of sp³-hybridized carbons (Fsp3) is 0.469. The molecule has 0 spiro atoms. The van der Waals surface area contributed by atoms with Gasteiger partial charge in [0, 0.05) is 25.2 Å². The lowest BCUT2D eigenvalue weighted by Crippen LogP contribution is -2.43. The van der Waals surface area contributed by atoms with Gasteiger partial charge in [0.15, 0.2) is 8.32 Å². The third kappa shape index (κ3) is 14.9. The van der Waals surface area contributed by atoms with Crippen LogP contribution in [0.4, 0.5) is 16.2 Å². The number of hydrogen-bond donors (Lipinski definition) is 3. The molecule has 1 heterocycles. The second-order valence-electron chi connectivity index (χ2n) is 17.3. The lowest BCUT2D eigenvalue weighted by Gasteiger charge is -2.39. The number of hydrogen-bond acceptors (Lipinski definition) is 7. The van der Waals surface area contributed by atoms with E-state index in [0.29, 0.717) is 31.0 Å².